The standard InChI is InChI=1S/C75H90N14O23S/c1-39(70(106)88-30-6-4-9-55(88)72(108)89-38-45(112-79-37-41-25-28-77-29-26-41)36-56(89)68(104)83-51(20-23-61(96)97)65(101)82-50(64(76)100)19-22-60(94)95)80-69(105)63(40(2)90)85-67(103)54-11-8-32-87(54)71(107)52(21-24-62(98)99)84-66(102)53-10-7-31-86(53)59(93)12-3-5-27-78-74(113)81-42-13-16-46-49(33-42)75(111-73(46)109)47-17-14-43(91)34-57(47)110-58-35-44(92)15-18-48(58)75/h13-18,25-26,28-29,33-35,37,39-40,45,50-56,63,90-92H,3-12,19-24,27,30-32,36,38H2,1-2H3,(H2,76,100)(H,80,105)(H,82,101)(H,83,104)(H,84,102)(H,85,103)(H,94,95)(H,96,97)(H,98,99)(H2,78,81,113)/b79-37-/t39-,40+,45+,50-,51-,52-,53-,54-,55?,56-,63-/m0/s1. The van der Waals surface area contributed by atoms with Gasteiger partial charge in [-0.05, 0) is 163 Å². The van der Waals surface area contributed by atoms with Crippen molar-refractivity contribution in [3.05, 3.63) is 107 Å². The number of pyridine rings is 1. The monoisotopic (exact) mass is 1590 g/mol. The maximum absolute atomic E-state index is 15.0. The summed E-state index contributed by atoms with van der Waals surface area (Å²) in [6.07, 6.45) is 0.861. The lowest BCUT2D eigenvalue weighted by Crippen LogP contribution is -2.62. The second kappa shape index (κ2) is 37.3. The number of carboxylic acid groups (broad SMARTS) is 3. The molecule has 7 heterocycles. The van der Waals surface area contributed by atoms with Crippen molar-refractivity contribution in [2.75, 3.05) is 38.0 Å². The molecule has 0 radical (unpaired) electrons. The highest BCUT2D eigenvalue weighted by molar-refractivity contribution is 7.80. The number of benzene rings is 3. The molecule has 0 aliphatic carbocycles. The summed E-state index contributed by atoms with van der Waals surface area (Å²) in [6.45, 7) is 2.64. The lowest BCUT2D eigenvalue weighted by atomic mass is 9.77. The van der Waals surface area contributed by atoms with Gasteiger partial charge in [-0.15, -0.1) is 0 Å². The number of esters is 1. The number of hydrogen-bond donors (Lipinski definition) is 14. The van der Waals surface area contributed by atoms with E-state index in [2.05, 4.69) is 47.4 Å². The molecule has 4 fully saturated rings. The normalized spacial score (nSPS) is 20.1. The number of aliphatic carboxylic acids is 3. The van der Waals surface area contributed by atoms with Crippen LogP contribution in [0.4, 0.5) is 5.69 Å². The van der Waals surface area contributed by atoms with Crippen LogP contribution in [0.1, 0.15) is 156 Å². The number of aliphatic hydroxyl groups is 1. The Morgan fingerprint density at radius 2 is 1.21 bits per heavy atom. The number of fused-ring (bicyclic) bond motifs is 6. The van der Waals surface area contributed by atoms with E-state index in [4.69, 9.17) is 32.3 Å². The van der Waals surface area contributed by atoms with Crippen LogP contribution in [0, 0.1) is 0 Å². The van der Waals surface area contributed by atoms with Gasteiger partial charge in [-0.2, -0.15) is 0 Å². The minimum Gasteiger partial charge on any atom is -0.508 e. The molecule has 15 N–H and O–H groups in total. The van der Waals surface area contributed by atoms with E-state index in [0.29, 0.717) is 66.6 Å². The number of aromatic hydroxyl groups is 2. The van der Waals surface area contributed by atoms with E-state index in [1.807, 2.05) is 0 Å². The number of rotatable bonds is 33. The van der Waals surface area contributed by atoms with Gasteiger partial charge in [0.1, 0.15) is 83.5 Å². The molecule has 604 valence electrons. The quantitative estimate of drug-likeness (QED) is 0.0103. The number of nitrogens with one attached hydrogen (secondary N) is 7. The van der Waals surface area contributed by atoms with Crippen molar-refractivity contribution in [2.45, 2.75) is 195 Å². The summed E-state index contributed by atoms with van der Waals surface area (Å²) in [5.74, 6) is -13.0. The predicted molar refractivity (Wildman–Crippen MR) is 399 cm³/mol. The topological polar surface area (TPSA) is 536 Å². The summed E-state index contributed by atoms with van der Waals surface area (Å²) in [6, 6.07) is 4.03. The van der Waals surface area contributed by atoms with E-state index < -0.39 is 188 Å². The number of carbonyl (C=O) groups is 14. The number of hydrogen-bond acceptors (Lipinski definition) is 23. The lowest BCUT2D eigenvalue weighted by Gasteiger charge is -2.39. The van der Waals surface area contributed by atoms with E-state index in [-0.39, 0.29) is 104 Å². The second-order valence-corrected chi connectivity index (χ2v) is 28.8. The van der Waals surface area contributed by atoms with Gasteiger partial charge in [0.05, 0.1) is 24.4 Å². The number of phenolic OH excluding ortho intramolecular Hbond substituents is 2. The molecule has 10 amide bonds. The van der Waals surface area contributed by atoms with Gasteiger partial charge < -0.3 is 108 Å². The number of amides is 10. The van der Waals surface area contributed by atoms with Crippen LogP contribution in [0.3, 0.4) is 0 Å². The van der Waals surface area contributed by atoms with Crippen LogP contribution in [-0.4, -0.2) is 249 Å². The van der Waals surface area contributed by atoms with E-state index in [1.54, 1.807) is 42.5 Å². The van der Waals surface area contributed by atoms with Crippen LogP contribution in [0.15, 0.2) is 84.3 Å². The van der Waals surface area contributed by atoms with Gasteiger partial charge in [-0.3, -0.25) is 67.3 Å². The number of primary amides is 1. The Hall–Kier alpha value is -12.1. The fourth-order valence-electron chi connectivity index (χ4n) is 14.9. The molecule has 0 bridgehead atoms. The molecule has 1 unspecified atom stereocenters. The highest BCUT2D eigenvalue weighted by Crippen LogP contribution is 2.57. The third kappa shape index (κ3) is 20.2. The summed E-state index contributed by atoms with van der Waals surface area (Å²) in [7, 11) is 0. The first-order chi connectivity index (χ1) is 53.9. The lowest BCUT2D eigenvalue weighted by molar-refractivity contribution is -0.151. The average Bonchev–Trinajstić information content (AvgIpc) is 1.60. The largest absolute Gasteiger partial charge is 0.508 e. The fraction of sp³-hybridized carbons (Fsp3) is 0.480. The first-order valence-electron chi connectivity index (χ1n) is 37.1. The smallest absolute Gasteiger partial charge is 0.340 e. The van der Waals surface area contributed by atoms with Gasteiger partial charge in [-0.25, -0.2) is 4.79 Å². The number of aromatic nitrogens is 1. The first-order valence-corrected chi connectivity index (χ1v) is 37.6. The predicted octanol–water partition coefficient (Wildman–Crippen LogP) is 0.805. The molecule has 1 aromatic heterocycles. The molecule has 6 aliphatic heterocycles. The third-order valence-electron chi connectivity index (χ3n) is 20.5. The maximum Gasteiger partial charge on any atom is 0.340 e. The van der Waals surface area contributed by atoms with E-state index in [1.165, 1.54) is 66.5 Å². The number of thiocarbonyl (C=S) groups is 1. The number of piperidine rings is 1. The summed E-state index contributed by atoms with van der Waals surface area (Å²) in [4.78, 5) is 204. The molecular weight excluding hydrogens is 1500 g/mol. The Kier molecular flexibility index (Phi) is 27.5. The molecular formula is C75H90N14O23S. The fourth-order valence-corrected chi connectivity index (χ4v) is 15.1. The van der Waals surface area contributed by atoms with Crippen LogP contribution in [0.2, 0.25) is 0 Å². The molecule has 4 aromatic rings. The van der Waals surface area contributed by atoms with Gasteiger partial charge >= 0.3 is 23.9 Å². The molecule has 0 saturated carbocycles. The van der Waals surface area contributed by atoms with Gasteiger partial charge in [0, 0.05) is 105 Å². The van der Waals surface area contributed by atoms with Gasteiger partial charge in [-0.1, -0.05) is 5.16 Å². The number of ether oxygens (including phenoxy) is 2. The van der Waals surface area contributed by atoms with Crippen LogP contribution < -0.4 is 47.7 Å². The van der Waals surface area contributed by atoms with Crippen molar-refractivity contribution < 1.29 is 112 Å². The maximum atomic E-state index is 15.0. The number of anilines is 1. The highest BCUT2D eigenvalue weighted by atomic mass is 32.1. The number of likely N-dealkylation sites (tertiary alicyclic amines) is 4. The molecule has 37 nitrogen and oxygen atoms in total. The summed E-state index contributed by atoms with van der Waals surface area (Å²) < 4.78 is 12.2. The van der Waals surface area contributed by atoms with Crippen molar-refractivity contribution >= 4 is 112 Å². The highest BCUT2D eigenvalue weighted by Gasteiger charge is 2.55. The molecule has 10 rings (SSSR count). The molecule has 1 spiro atoms. The van der Waals surface area contributed by atoms with Gasteiger partial charge in [0.2, 0.25) is 59.1 Å². The van der Waals surface area contributed by atoms with Gasteiger partial charge in [0.25, 0.3) is 0 Å². The van der Waals surface area contributed by atoms with Crippen molar-refractivity contribution in [1.82, 2.24) is 56.5 Å². The van der Waals surface area contributed by atoms with Gasteiger partial charge in [0.15, 0.2) is 10.7 Å². The number of oxime groups is 1. The van der Waals surface area contributed by atoms with E-state index in [9.17, 15) is 97.8 Å². The minimum absolute atomic E-state index is 0.0218. The zero-order chi connectivity index (χ0) is 81.5. The molecule has 4 saturated heterocycles. The Morgan fingerprint density at radius 1 is 0.637 bits per heavy atom. The summed E-state index contributed by atoms with van der Waals surface area (Å²) in [5, 5.41) is 83.1. The number of carbonyl (C=O) groups excluding carboxylic acids is 11. The summed E-state index contributed by atoms with van der Waals surface area (Å²) >= 11 is 5.63. The van der Waals surface area contributed by atoms with E-state index in [0.717, 1.165) is 9.80 Å². The van der Waals surface area contributed by atoms with Crippen molar-refractivity contribution in [1.29, 1.82) is 0 Å². The third-order valence-corrected chi connectivity index (χ3v) is 20.8. The molecule has 113 heavy (non-hydrogen) atoms. The van der Waals surface area contributed by atoms with E-state index >= 15 is 0 Å². The molecule has 38 heteroatoms. The Balaban J connectivity index is 0.730. The average molecular weight is 1590 g/mol. The number of aliphatic hydroxyl groups excluding tert-OH is 1. The molecule has 6 aliphatic rings. The Bertz CT molecular complexity index is 4320. The van der Waals surface area contributed by atoms with Crippen LogP contribution >= 0.6 is 12.2 Å². The number of carboxylic acids is 3. The first kappa shape index (κ1) is 83.4. The molecule has 11 atom stereocenters. The Morgan fingerprint density at radius 3 is 1.85 bits per heavy atom. The summed E-state index contributed by atoms with van der Waals surface area (Å²) in [5.41, 5.74) is 6.58. The van der Waals surface area contributed by atoms with Crippen LogP contribution in [0.5, 0.6) is 23.0 Å². The Labute approximate surface area is 652 Å². The van der Waals surface area contributed by atoms with Crippen LogP contribution in [-0.2, 0) is 77.5 Å². The van der Waals surface area contributed by atoms with Crippen molar-refractivity contribution in [3.63, 3.8) is 0 Å². The number of nitrogens with two attached hydrogens (primary N) is 1. The second-order valence-electron chi connectivity index (χ2n) is 28.4. The zero-order valence-electron chi connectivity index (χ0n) is 61.8. The zero-order valence-corrected chi connectivity index (χ0v) is 62.6. The van der Waals surface area contributed by atoms with Crippen molar-refractivity contribution in [3.8, 4) is 23.0 Å². The number of phenols is 2. The van der Waals surface area contributed by atoms with Crippen molar-refractivity contribution in [2.24, 2.45) is 10.9 Å². The number of nitrogens with zero attached hydrogens (tertiary/aromatic N) is 6. The minimum atomic E-state index is -1.77. The molecule has 3 aromatic carbocycles. The van der Waals surface area contributed by atoms with Crippen LogP contribution in [0.25, 0.3) is 0 Å². The number of unbranched alkanes of at least 4 members (excludes halogenated alkanes) is 1. The SMILES string of the molecule is C[C@H](NC(=O)[C@@H](NC(=O)[C@@H]1CCCN1C(=O)[C@H](CCC(=O)O)NC(=O)[C@@H]1CCCN1C(=O)CCCCNC(=S)Nc1ccc2c(c1)C1(OC2=O)c2ccc(O)cc2Oc2cc(O)ccc21)[C@@H](C)O)C(=O)N1CCCCC1C(=O)N1C[C@H](O/N=C\c2ccncc2)C[C@H]1C(=O)N[C@@H](CCC(=O)O)C(=O)N[C@@H](CCC(=O)O)C(N)=O.